The van der Waals surface area contributed by atoms with Gasteiger partial charge in [-0.2, -0.15) is 0 Å². The predicted octanol–water partition coefficient (Wildman–Crippen LogP) is 5.06. The van der Waals surface area contributed by atoms with Crippen molar-refractivity contribution in [2.75, 3.05) is 12.3 Å². The molecule has 0 spiro atoms. The summed E-state index contributed by atoms with van der Waals surface area (Å²) < 4.78 is 5.62. The van der Waals surface area contributed by atoms with E-state index < -0.39 is 5.60 Å². The third-order valence-corrected chi connectivity index (χ3v) is 4.69. The summed E-state index contributed by atoms with van der Waals surface area (Å²) in [5, 5.41) is 0.566. The molecule has 0 aliphatic carbocycles. The number of hydrogen-bond donors (Lipinski definition) is 1. The van der Waals surface area contributed by atoms with E-state index in [0.29, 0.717) is 17.3 Å². The summed E-state index contributed by atoms with van der Waals surface area (Å²) in [6, 6.07) is 5.84. The first-order chi connectivity index (χ1) is 10.9. The summed E-state index contributed by atoms with van der Waals surface area (Å²) in [7, 11) is 0. The lowest BCUT2D eigenvalue weighted by Gasteiger charge is -2.39. The molecule has 2 rings (SSSR count). The van der Waals surface area contributed by atoms with Crippen molar-refractivity contribution in [3.8, 4) is 0 Å². The maximum atomic E-state index is 12.7. The van der Waals surface area contributed by atoms with Crippen LogP contribution in [0.1, 0.15) is 59.4 Å². The van der Waals surface area contributed by atoms with Gasteiger partial charge in [-0.3, -0.25) is 0 Å². The molecule has 1 amide bonds. The Hall–Kier alpha value is -1.42. The zero-order valence-corrected chi connectivity index (χ0v) is 16.3. The Kier molecular flexibility index (Phi) is 5.10. The monoisotopic (exact) mass is 352 g/mol. The Morgan fingerprint density at radius 2 is 1.88 bits per heavy atom. The number of ether oxygens (including phenoxy) is 1. The Balaban J connectivity index is 2.33. The molecule has 1 saturated heterocycles. The highest BCUT2D eigenvalue weighted by atomic mass is 35.5. The van der Waals surface area contributed by atoms with Gasteiger partial charge in [-0.05, 0) is 50.3 Å². The van der Waals surface area contributed by atoms with Gasteiger partial charge in [0.15, 0.2) is 0 Å². The van der Waals surface area contributed by atoms with Crippen LogP contribution in [-0.4, -0.2) is 29.2 Å². The molecule has 1 aromatic rings. The average molecular weight is 353 g/mol. The van der Waals surface area contributed by atoms with Gasteiger partial charge in [0.05, 0.1) is 10.7 Å². The summed E-state index contributed by atoms with van der Waals surface area (Å²) in [6.07, 6.45) is 0.646. The van der Waals surface area contributed by atoms with Crippen LogP contribution in [-0.2, 0) is 4.74 Å². The van der Waals surface area contributed by atoms with E-state index in [4.69, 9.17) is 22.1 Å². The maximum absolute atomic E-state index is 12.7. The van der Waals surface area contributed by atoms with E-state index in [1.807, 2.05) is 43.9 Å². The van der Waals surface area contributed by atoms with Crippen molar-refractivity contribution in [1.82, 2.24) is 4.90 Å². The van der Waals surface area contributed by atoms with Gasteiger partial charge in [-0.25, -0.2) is 4.79 Å². The van der Waals surface area contributed by atoms with Crippen molar-refractivity contribution < 1.29 is 9.53 Å². The third kappa shape index (κ3) is 4.15. The maximum Gasteiger partial charge on any atom is 0.410 e. The van der Waals surface area contributed by atoms with Crippen molar-refractivity contribution in [3.63, 3.8) is 0 Å². The molecule has 1 aromatic carbocycles. The van der Waals surface area contributed by atoms with Crippen molar-refractivity contribution in [2.45, 2.75) is 65.5 Å². The molecule has 2 unspecified atom stereocenters. The van der Waals surface area contributed by atoms with Crippen LogP contribution >= 0.6 is 11.6 Å². The minimum absolute atomic E-state index is 0.0482. The number of nitrogen functional groups attached to an aromatic ring is 1. The topological polar surface area (TPSA) is 55.6 Å². The predicted molar refractivity (Wildman–Crippen MR) is 99.4 cm³/mol. The summed E-state index contributed by atoms with van der Waals surface area (Å²) in [6.45, 7) is 12.8. The number of carbonyl (C=O) groups is 1. The second kappa shape index (κ2) is 6.47. The van der Waals surface area contributed by atoms with E-state index in [1.54, 1.807) is 0 Å². The van der Waals surface area contributed by atoms with Crippen molar-refractivity contribution in [3.05, 3.63) is 28.8 Å². The molecule has 2 atom stereocenters. The quantitative estimate of drug-likeness (QED) is 0.718. The van der Waals surface area contributed by atoms with Crippen LogP contribution in [0.4, 0.5) is 10.5 Å². The van der Waals surface area contributed by atoms with Crippen molar-refractivity contribution >= 4 is 23.4 Å². The minimum atomic E-state index is -0.498. The molecule has 1 heterocycles. The first kappa shape index (κ1) is 18.9. The Morgan fingerprint density at radius 1 is 1.25 bits per heavy atom. The molecule has 134 valence electrons. The molecular weight excluding hydrogens is 324 g/mol. The lowest BCUT2D eigenvalue weighted by molar-refractivity contribution is 0.0107. The van der Waals surface area contributed by atoms with Crippen LogP contribution in [0.25, 0.3) is 0 Å². The van der Waals surface area contributed by atoms with E-state index in [1.165, 1.54) is 0 Å². The molecule has 0 saturated carbocycles. The molecule has 0 radical (unpaired) electrons. The largest absolute Gasteiger partial charge is 0.444 e. The molecular formula is C19H29ClN2O2. The molecule has 5 heteroatoms. The summed E-state index contributed by atoms with van der Waals surface area (Å²) >= 11 is 6.21. The molecule has 2 N–H and O–H groups in total. The molecule has 4 nitrogen and oxygen atoms in total. The van der Waals surface area contributed by atoms with Crippen molar-refractivity contribution in [2.24, 2.45) is 5.41 Å². The van der Waals surface area contributed by atoms with Gasteiger partial charge >= 0.3 is 6.09 Å². The Bertz CT molecular complexity index is 617. The lowest BCUT2D eigenvalue weighted by atomic mass is 9.76. The highest BCUT2D eigenvalue weighted by Gasteiger charge is 2.45. The number of anilines is 1. The zero-order valence-electron chi connectivity index (χ0n) is 15.5. The number of nitrogens with two attached hydrogens (primary N) is 1. The van der Waals surface area contributed by atoms with Gasteiger partial charge < -0.3 is 15.4 Å². The number of amides is 1. The lowest BCUT2D eigenvalue weighted by Crippen LogP contribution is -2.47. The standard InChI is InChI=1S/C19H29ClN2O2/c1-18(2,3)16-13(12-7-8-15(21)14(20)11-12)9-10-22(16)17(23)24-19(4,5)6/h7-8,11,13,16H,9-10,21H2,1-6H3. The number of rotatable bonds is 1. The van der Waals surface area contributed by atoms with Crippen LogP contribution in [0, 0.1) is 5.41 Å². The van der Waals surface area contributed by atoms with E-state index in [0.717, 1.165) is 12.0 Å². The van der Waals surface area contributed by atoms with E-state index >= 15 is 0 Å². The number of carbonyl (C=O) groups excluding carboxylic acids is 1. The fourth-order valence-corrected chi connectivity index (χ4v) is 3.70. The smallest absolute Gasteiger partial charge is 0.410 e. The Morgan fingerprint density at radius 3 is 2.38 bits per heavy atom. The van der Waals surface area contributed by atoms with Gasteiger partial charge in [0.1, 0.15) is 5.60 Å². The van der Waals surface area contributed by atoms with E-state index in [9.17, 15) is 4.79 Å². The fourth-order valence-electron chi connectivity index (χ4n) is 3.51. The Labute approximate surface area is 150 Å². The summed E-state index contributed by atoms with van der Waals surface area (Å²) in [4.78, 5) is 14.5. The number of halogens is 1. The average Bonchev–Trinajstić information content (AvgIpc) is 2.84. The molecule has 24 heavy (non-hydrogen) atoms. The third-order valence-electron chi connectivity index (χ3n) is 4.37. The van der Waals surface area contributed by atoms with Gasteiger partial charge in [0.25, 0.3) is 0 Å². The van der Waals surface area contributed by atoms with Crippen LogP contribution in [0.15, 0.2) is 18.2 Å². The highest BCUT2D eigenvalue weighted by molar-refractivity contribution is 6.33. The highest BCUT2D eigenvalue weighted by Crippen LogP contribution is 2.44. The van der Waals surface area contributed by atoms with Crippen molar-refractivity contribution in [1.29, 1.82) is 0 Å². The fraction of sp³-hybridized carbons (Fsp3) is 0.632. The number of hydrogen-bond acceptors (Lipinski definition) is 3. The molecule has 1 aliphatic heterocycles. The first-order valence-electron chi connectivity index (χ1n) is 8.45. The second-order valence-electron chi connectivity index (χ2n) is 8.66. The SMILES string of the molecule is CC(C)(C)OC(=O)N1CCC(c2ccc(N)c(Cl)c2)C1C(C)(C)C. The van der Waals surface area contributed by atoms with Crippen LogP contribution in [0.5, 0.6) is 0 Å². The van der Waals surface area contributed by atoms with Crippen LogP contribution < -0.4 is 5.73 Å². The number of benzene rings is 1. The number of nitrogens with zero attached hydrogens (tertiary/aromatic N) is 1. The normalized spacial score (nSPS) is 21.9. The molecule has 0 bridgehead atoms. The van der Waals surface area contributed by atoms with Gasteiger partial charge in [-0.15, -0.1) is 0 Å². The summed E-state index contributed by atoms with van der Waals surface area (Å²) in [5.41, 5.74) is 6.96. The zero-order chi connectivity index (χ0) is 18.3. The summed E-state index contributed by atoms with van der Waals surface area (Å²) in [5.74, 6) is 0.218. The second-order valence-corrected chi connectivity index (χ2v) is 9.07. The molecule has 1 aliphatic rings. The number of likely N-dealkylation sites (tertiary alicyclic amines) is 1. The van der Waals surface area contributed by atoms with Gasteiger partial charge in [-0.1, -0.05) is 38.4 Å². The van der Waals surface area contributed by atoms with E-state index in [2.05, 4.69) is 20.8 Å². The van der Waals surface area contributed by atoms with Crippen LogP contribution in [0.3, 0.4) is 0 Å². The van der Waals surface area contributed by atoms with E-state index in [-0.39, 0.29) is 23.5 Å². The van der Waals surface area contributed by atoms with Gasteiger partial charge in [0.2, 0.25) is 0 Å². The van der Waals surface area contributed by atoms with Crippen LogP contribution in [0.2, 0.25) is 5.02 Å². The molecule has 1 fully saturated rings. The minimum Gasteiger partial charge on any atom is -0.444 e. The van der Waals surface area contributed by atoms with Gasteiger partial charge in [0, 0.05) is 18.5 Å². The first-order valence-corrected chi connectivity index (χ1v) is 8.82. The molecule has 0 aromatic heterocycles.